The van der Waals surface area contributed by atoms with Gasteiger partial charge in [-0.2, -0.15) is 0 Å². The molecule has 2 rings (SSSR count). The van der Waals surface area contributed by atoms with Gasteiger partial charge in [-0.25, -0.2) is 0 Å². The first-order valence-electron chi connectivity index (χ1n) is 7.78. The molecule has 0 saturated heterocycles. The molecule has 0 amide bonds. The molecule has 0 radical (unpaired) electrons. The van der Waals surface area contributed by atoms with Crippen LogP contribution in [0.2, 0.25) is 0 Å². The minimum Gasteiger partial charge on any atom is -0.495 e. The van der Waals surface area contributed by atoms with E-state index in [1.54, 1.807) is 7.11 Å². The van der Waals surface area contributed by atoms with Crippen molar-refractivity contribution < 1.29 is 4.74 Å². The number of para-hydroxylation sites is 2. The molecule has 2 unspecified atom stereocenters. The Kier molecular flexibility index (Phi) is 5.72. The molecular formula is C17H28N2O. The van der Waals surface area contributed by atoms with Crippen LogP contribution in [0.3, 0.4) is 0 Å². The van der Waals surface area contributed by atoms with Gasteiger partial charge in [0.2, 0.25) is 0 Å². The van der Waals surface area contributed by atoms with E-state index in [1.807, 2.05) is 12.1 Å². The molecule has 0 aromatic heterocycles. The third-order valence-corrected chi connectivity index (χ3v) is 4.31. The average molecular weight is 276 g/mol. The summed E-state index contributed by atoms with van der Waals surface area (Å²) in [4.78, 5) is 2.26. The van der Waals surface area contributed by atoms with Gasteiger partial charge in [-0.1, -0.05) is 31.9 Å². The van der Waals surface area contributed by atoms with Gasteiger partial charge in [0.05, 0.1) is 12.8 Å². The van der Waals surface area contributed by atoms with Gasteiger partial charge in [-0.3, -0.25) is 0 Å². The van der Waals surface area contributed by atoms with Crippen LogP contribution in [0, 0.1) is 5.92 Å². The number of hydrogen-bond donors (Lipinski definition) is 1. The van der Waals surface area contributed by atoms with Gasteiger partial charge in [0.15, 0.2) is 0 Å². The smallest absolute Gasteiger partial charge is 0.142 e. The van der Waals surface area contributed by atoms with Crippen molar-refractivity contribution in [2.45, 2.75) is 38.6 Å². The number of nitrogens with zero attached hydrogens (tertiary/aromatic N) is 1. The molecule has 3 heteroatoms. The zero-order chi connectivity index (χ0) is 14.4. The summed E-state index contributed by atoms with van der Waals surface area (Å²) in [5.74, 6) is 1.83. The lowest BCUT2D eigenvalue weighted by Crippen LogP contribution is -2.38. The van der Waals surface area contributed by atoms with E-state index in [-0.39, 0.29) is 0 Å². The summed E-state index contributed by atoms with van der Waals surface area (Å²) in [5.41, 5.74) is 1.16. The van der Waals surface area contributed by atoms with Crippen LogP contribution >= 0.6 is 0 Å². The van der Waals surface area contributed by atoms with E-state index < -0.39 is 0 Å². The highest BCUT2D eigenvalue weighted by molar-refractivity contribution is 5.57. The molecule has 1 fully saturated rings. The van der Waals surface area contributed by atoms with Gasteiger partial charge >= 0.3 is 0 Å². The SMILES string of the molecule is COc1ccccc1N(C)CCNC1CCCC(C)C1. The third-order valence-electron chi connectivity index (χ3n) is 4.31. The number of likely N-dealkylation sites (N-methyl/N-ethyl adjacent to an activating group) is 1. The Balaban J connectivity index is 1.78. The lowest BCUT2D eigenvalue weighted by molar-refractivity contribution is 0.303. The largest absolute Gasteiger partial charge is 0.495 e. The van der Waals surface area contributed by atoms with E-state index in [4.69, 9.17) is 4.74 Å². The average Bonchev–Trinajstić information content (AvgIpc) is 2.47. The van der Waals surface area contributed by atoms with E-state index in [9.17, 15) is 0 Å². The molecule has 1 aliphatic rings. The van der Waals surface area contributed by atoms with Crippen molar-refractivity contribution in [1.82, 2.24) is 5.32 Å². The molecular weight excluding hydrogens is 248 g/mol. The Morgan fingerprint density at radius 1 is 1.30 bits per heavy atom. The van der Waals surface area contributed by atoms with Gasteiger partial charge in [-0.05, 0) is 30.9 Å². The maximum Gasteiger partial charge on any atom is 0.142 e. The minimum absolute atomic E-state index is 0.713. The number of nitrogens with one attached hydrogen (secondary N) is 1. The Bertz CT molecular complexity index is 408. The van der Waals surface area contributed by atoms with Crippen LogP contribution in [0.25, 0.3) is 0 Å². The lowest BCUT2D eigenvalue weighted by Gasteiger charge is -2.29. The predicted molar refractivity (Wildman–Crippen MR) is 85.7 cm³/mol. The first kappa shape index (κ1) is 15.2. The third kappa shape index (κ3) is 4.14. The van der Waals surface area contributed by atoms with Gasteiger partial charge in [0.1, 0.15) is 5.75 Å². The van der Waals surface area contributed by atoms with E-state index in [2.05, 4.69) is 36.3 Å². The number of anilines is 1. The molecule has 1 saturated carbocycles. The first-order valence-corrected chi connectivity index (χ1v) is 7.78. The molecule has 2 atom stereocenters. The van der Waals surface area contributed by atoms with Crippen molar-refractivity contribution in [3.05, 3.63) is 24.3 Å². The fraction of sp³-hybridized carbons (Fsp3) is 0.647. The van der Waals surface area contributed by atoms with Crippen molar-refractivity contribution in [2.75, 3.05) is 32.1 Å². The van der Waals surface area contributed by atoms with Crippen molar-refractivity contribution >= 4 is 5.69 Å². The van der Waals surface area contributed by atoms with Crippen LogP contribution in [0.15, 0.2) is 24.3 Å². The summed E-state index contributed by atoms with van der Waals surface area (Å²) in [7, 11) is 3.86. The monoisotopic (exact) mass is 276 g/mol. The maximum absolute atomic E-state index is 5.41. The van der Waals surface area contributed by atoms with Crippen LogP contribution < -0.4 is 15.0 Å². The number of benzene rings is 1. The minimum atomic E-state index is 0.713. The molecule has 0 aliphatic heterocycles. The van der Waals surface area contributed by atoms with Crippen LogP contribution in [-0.4, -0.2) is 33.3 Å². The summed E-state index contributed by atoms with van der Waals surface area (Å²) in [6, 6.07) is 8.91. The first-order chi connectivity index (χ1) is 9.70. The van der Waals surface area contributed by atoms with Gasteiger partial charge in [0.25, 0.3) is 0 Å². The van der Waals surface area contributed by atoms with Gasteiger partial charge in [0, 0.05) is 26.2 Å². The second-order valence-corrected chi connectivity index (χ2v) is 6.02. The van der Waals surface area contributed by atoms with Crippen LogP contribution in [0.4, 0.5) is 5.69 Å². The zero-order valence-electron chi connectivity index (χ0n) is 13.1. The Morgan fingerprint density at radius 2 is 2.10 bits per heavy atom. The van der Waals surface area contributed by atoms with E-state index in [0.29, 0.717) is 6.04 Å². The quantitative estimate of drug-likeness (QED) is 0.863. The molecule has 1 aromatic carbocycles. The van der Waals surface area contributed by atoms with Crippen LogP contribution in [0.5, 0.6) is 5.75 Å². The second-order valence-electron chi connectivity index (χ2n) is 6.02. The summed E-state index contributed by atoms with van der Waals surface area (Å²) < 4.78 is 5.41. The fourth-order valence-corrected chi connectivity index (χ4v) is 3.12. The Labute approximate surface area is 123 Å². The maximum atomic E-state index is 5.41. The second kappa shape index (κ2) is 7.53. The lowest BCUT2D eigenvalue weighted by atomic mass is 9.87. The fourth-order valence-electron chi connectivity index (χ4n) is 3.12. The van der Waals surface area contributed by atoms with E-state index in [0.717, 1.165) is 30.4 Å². The highest BCUT2D eigenvalue weighted by Gasteiger charge is 2.18. The van der Waals surface area contributed by atoms with E-state index >= 15 is 0 Å². The summed E-state index contributed by atoms with van der Waals surface area (Å²) in [6.07, 6.45) is 5.45. The highest BCUT2D eigenvalue weighted by Crippen LogP contribution is 2.26. The standard InChI is InChI=1S/C17H28N2O/c1-14-7-6-8-15(13-14)18-11-12-19(2)16-9-4-5-10-17(16)20-3/h4-5,9-10,14-15,18H,6-8,11-13H2,1-3H3. The predicted octanol–water partition coefficient (Wildman–Crippen LogP) is 3.30. The molecule has 1 aliphatic carbocycles. The molecule has 0 bridgehead atoms. The molecule has 0 spiro atoms. The molecule has 3 nitrogen and oxygen atoms in total. The molecule has 112 valence electrons. The number of rotatable bonds is 6. The number of hydrogen-bond acceptors (Lipinski definition) is 3. The normalized spacial score (nSPS) is 22.6. The summed E-state index contributed by atoms with van der Waals surface area (Å²) >= 11 is 0. The summed E-state index contributed by atoms with van der Waals surface area (Å²) in [6.45, 7) is 4.41. The van der Waals surface area contributed by atoms with Crippen molar-refractivity contribution in [2.24, 2.45) is 5.92 Å². The zero-order valence-corrected chi connectivity index (χ0v) is 13.1. The van der Waals surface area contributed by atoms with Gasteiger partial charge < -0.3 is 15.0 Å². The Morgan fingerprint density at radius 3 is 2.85 bits per heavy atom. The summed E-state index contributed by atoms with van der Waals surface area (Å²) in [5, 5.41) is 3.71. The highest BCUT2D eigenvalue weighted by atomic mass is 16.5. The number of methoxy groups -OCH3 is 1. The van der Waals surface area contributed by atoms with Crippen LogP contribution in [-0.2, 0) is 0 Å². The van der Waals surface area contributed by atoms with E-state index in [1.165, 1.54) is 25.7 Å². The molecule has 0 heterocycles. The Hall–Kier alpha value is -1.22. The molecule has 1 aromatic rings. The van der Waals surface area contributed by atoms with Crippen molar-refractivity contribution in [1.29, 1.82) is 0 Å². The number of ether oxygens (including phenoxy) is 1. The van der Waals surface area contributed by atoms with Crippen molar-refractivity contribution in [3.8, 4) is 5.75 Å². The topological polar surface area (TPSA) is 24.5 Å². The molecule has 20 heavy (non-hydrogen) atoms. The van der Waals surface area contributed by atoms with Gasteiger partial charge in [-0.15, -0.1) is 0 Å². The van der Waals surface area contributed by atoms with Crippen LogP contribution in [0.1, 0.15) is 32.6 Å². The molecule has 1 N–H and O–H groups in total. The van der Waals surface area contributed by atoms with Crippen molar-refractivity contribution in [3.63, 3.8) is 0 Å².